The van der Waals surface area contributed by atoms with Crippen LogP contribution in [0.25, 0.3) is 6.08 Å². The van der Waals surface area contributed by atoms with Crippen LogP contribution in [0.4, 0.5) is 5.69 Å². The quantitative estimate of drug-likeness (QED) is 0.393. The molecule has 0 fully saturated rings. The Hall–Kier alpha value is -2.25. The molecule has 0 N–H and O–H groups in total. The van der Waals surface area contributed by atoms with E-state index in [9.17, 15) is 14.9 Å². The Labute approximate surface area is 136 Å². The smallest absolute Gasteiger partial charge is 0.276 e. The van der Waals surface area contributed by atoms with Crippen LogP contribution in [0.5, 0.6) is 0 Å². The average molecular weight is 321 g/mol. The fraction of sp³-hybridized carbons (Fsp3) is 0.438. The molecule has 0 atom stereocenters. The maximum absolute atomic E-state index is 12.3. The van der Waals surface area contributed by atoms with E-state index in [1.54, 1.807) is 30.2 Å². The van der Waals surface area contributed by atoms with Gasteiger partial charge in [-0.2, -0.15) is 0 Å². The fourth-order valence-electron chi connectivity index (χ4n) is 1.92. The summed E-state index contributed by atoms with van der Waals surface area (Å²) in [5.74, 6) is -0.193. The Balaban J connectivity index is 2.82. The second-order valence-corrected chi connectivity index (χ2v) is 5.27. The van der Waals surface area contributed by atoms with E-state index < -0.39 is 4.92 Å². The molecule has 0 aromatic heterocycles. The molecule has 7 heteroatoms. The van der Waals surface area contributed by atoms with E-state index in [-0.39, 0.29) is 11.6 Å². The lowest BCUT2D eigenvalue weighted by Gasteiger charge is -2.22. The summed E-state index contributed by atoms with van der Waals surface area (Å²) >= 11 is 0. The Morgan fingerprint density at radius 3 is 2.57 bits per heavy atom. The summed E-state index contributed by atoms with van der Waals surface area (Å²) in [4.78, 5) is 26.5. The Morgan fingerprint density at radius 2 is 1.96 bits per heavy atom. The molecule has 1 aromatic rings. The van der Waals surface area contributed by atoms with Gasteiger partial charge in [-0.15, -0.1) is 0 Å². The molecule has 7 nitrogen and oxygen atoms in total. The molecule has 0 aliphatic rings. The highest BCUT2D eigenvalue weighted by Crippen LogP contribution is 2.18. The van der Waals surface area contributed by atoms with Crippen LogP contribution in [-0.2, 0) is 9.53 Å². The Morgan fingerprint density at radius 1 is 1.26 bits per heavy atom. The van der Waals surface area contributed by atoms with E-state index in [2.05, 4.69) is 0 Å². The van der Waals surface area contributed by atoms with Gasteiger partial charge in [0, 0.05) is 38.9 Å². The molecule has 1 rings (SSSR count). The van der Waals surface area contributed by atoms with E-state index in [0.29, 0.717) is 25.3 Å². The van der Waals surface area contributed by atoms with E-state index in [1.165, 1.54) is 18.2 Å². The van der Waals surface area contributed by atoms with Crippen LogP contribution in [0, 0.1) is 10.1 Å². The van der Waals surface area contributed by atoms with Gasteiger partial charge in [-0.3, -0.25) is 14.9 Å². The monoisotopic (exact) mass is 321 g/mol. The number of ether oxygens (including phenoxy) is 1. The van der Waals surface area contributed by atoms with Crippen molar-refractivity contribution in [3.63, 3.8) is 0 Å². The number of hydrogen-bond donors (Lipinski definition) is 0. The molecular weight excluding hydrogens is 298 g/mol. The molecule has 0 aliphatic carbocycles. The fourth-order valence-corrected chi connectivity index (χ4v) is 1.92. The number of para-hydroxylation sites is 1. The highest BCUT2D eigenvalue weighted by atomic mass is 16.6. The molecule has 0 spiro atoms. The number of carbonyl (C=O) groups is 1. The number of benzene rings is 1. The summed E-state index contributed by atoms with van der Waals surface area (Å²) in [6.07, 6.45) is 2.85. The Bertz CT molecular complexity index is 558. The predicted octanol–water partition coefficient (Wildman–Crippen LogP) is 1.64. The molecule has 0 radical (unpaired) electrons. The second-order valence-electron chi connectivity index (χ2n) is 5.27. The lowest BCUT2D eigenvalue weighted by atomic mass is 10.1. The van der Waals surface area contributed by atoms with Crippen molar-refractivity contribution in [2.24, 2.45) is 0 Å². The first-order chi connectivity index (χ1) is 11.0. The normalized spacial score (nSPS) is 11.1. The van der Waals surface area contributed by atoms with Crippen LogP contribution in [0.1, 0.15) is 5.56 Å². The van der Waals surface area contributed by atoms with Crippen LogP contribution < -0.4 is 0 Å². The van der Waals surface area contributed by atoms with E-state index >= 15 is 0 Å². The molecule has 1 amide bonds. The third kappa shape index (κ3) is 6.58. The first kappa shape index (κ1) is 18.8. The zero-order chi connectivity index (χ0) is 17.2. The van der Waals surface area contributed by atoms with Crippen molar-refractivity contribution >= 4 is 17.7 Å². The summed E-state index contributed by atoms with van der Waals surface area (Å²) in [6, 6.07) is 6.32. The number of nitro benzene ring substituents is 1. The van der Waals surface area contributed by atoms with Gasteiger partial charge < -0.3 is 14.5 Å². The van der Waals surface area contributed by atoms with Gasteiger partial charge in [0.25, 0.3) is 5.69 Å². The number of methoxy groups -OCH3 is 1. The minimum Gasteiger partial charge on any atom is -0.383 e. The molecule has 1 aromatic carbocycles. The van der Waals surface area contributed by atoms with Crippen LogP contribution in [-0.4, -0.2) is 68.1 Å². The lowest BCUT2D eigenvalue weighted by molar-refractivity contribution is -0.385. The number of nitrogens with zero attached hydrogens (tertiary/aromatic N) is 3. The van der Waals surface area contributed by atoms with Crippen LogP contribution in [0.3, 0.4) is 0 Å². The van der Waals surface area contributed by atoms with Gasteiger partial charge in [0.2, 0.25) is 5.91 Å². The largest absolute Gasteiger partial charge is 0.383 e. The number of hydrogen-bond acceptors (Lipinski definition) is 5. The van der Waals surface area contributed by atoms with Crippen molar-refractivity contribution < 1.29 is 14.5 Å². The molecule has 0 unspecified atom stereocenters. The first-order valence-electron chi connectivity index (χ1n) is 7.29. The molecular formula is C16H23N3O4. The molecule has 126 valence electrons. The zero-order valence-electron chi connectivity index (χ0n) is 13.8. The SMILES string of the molecule is COCCN(CCN(C)C)C(=O)C=Cc1ccccc1[N+](=O)[O-]. The van der Waals surface area contributed by atoms with Gasteiger partial charge in [-0.05, 0) is 26.2 Å². The topological polar surface area (TPSA) is 75.9 Å². The van der Waals surface area contributed by atoms with Gasteiger partial charge in [-0.25, -0.2) is 0 Å². The van der Waals surface area contributed by atoms with Crippen molar-refractivity contribution in [1.82, 2.24) is 9.80 Å². The molecule has 0 saturated heterocycles. The van der Waals surface area contributed by atoms with Gasteiger partial charge in [-0.1, -0.05) is 12.1 Å². The number of carbonyl (C=O) groups excluding carboxylic acids is 1. The lowest BCUT2D eigenvalue weighted by Crippen LogP contribution is -2.37. The van der Waals surface area contributed by atoms with Gasteiger partial charge in [0.15, 0.2) is 0 Å². The number of rotatable bonds is 9. The van der Waals surface area contributed by atoms with Crippen LogP contribution in [0.2, 0.25) is 0 Å². The zero-order valence-corrected chi connectivity index (χ0v) is 13.8. The number of nitro groups is 1. The minimum atomic E-state index is -0.459. The molecule has 23 heavy (non-hydrogen) atoms. The number of amides is 1. The molecule has 0 heterocycles. The first-order valence-corrected chi connectivity index (χ1v) is 7.29. The summed E-state index contributed by atoms with van der Waals surface area (Å²) in [7, 11) is 5.45. The van der Waals surface area contributed by atoms with Crippen molar-refractivity contribution in [2.45, 2.75) is 0 Å². The standard InChI is InChI=1S/C16H23N3O4/c1-17(2)10-11-18(12-13-23-3)16(20)9-8-14-6-4-5-7-15(14)19(21)22/h4-9H,10-13H2,1-3H3. The summed E-state index contributed by atoms with van der Waals surface area (Å²) in [5, 5.41) is 11.0. The minimum absolute atomic E-state index is 0.0201. The Kier molecular flexibility index (Phi) is 7.93. The van der Waals surface area contributed by atoms with Crippen LogP contribution in [0.15, 0.2) is 30.3 Å². The van der Waals surface area contributed by atoms with E-state index in [0.717, 1.165) is 6.54 Å². The van der Waals surface area contributed by atoms with Gasteiger partial charge >= 0.3 is 0 Å². The average Bonchev–Trinajstić information content (AvgIpc) is 2.52. The van der Waals surface area contributed by atoms with Gasteiger partial charge in [0.1, 0.15) is 0 Å². The molecule has 0 bridgehead atoms. The molecule has 0 aliphatic heterocycles. The van der Waals surface area contributed by atoms with Crippen molar-refractivity contribution in [1.29, 1.82) is 0 Å². The third-order valence-electron chi connectivity index (χ3n) is 3.23. The van der Waals surface area contributed by atoms with Crippen LogP contribution >= 0.6 is 0 Å². The molecule has 0 saturated carbocycles. The number of likely N-dealkylation sites (N-methyl/N-ethyl adjacent to an activating group) is 1. The van der Waals surface area contributed by atoms with Gasteiger partial charge in [0.05, 0.1) is 17.1 Å². The summed E-state index contributed by atoms with van der Waals surface area (Å²) < 4.78 is 5.02. The maximum atomic E-state index is 12.3. The van der Waals surface area contributed by atoms with Crippen molar-refractivity contribution in [3.05, 3.63) is 46.0 Å². The van der Waals surface area contributed by atoms with Crippen molar-refractivity contribution in [3.8, 4) is 0 Å². The van der Waals surface area contributed by atoms with Crippen molar-refractivity contribution in [2.75, 3.05) is 47.4 Å². The predicted molar refractivity (Wildman–Crippen MR) is 89.1 cm³/mol. The van der Waals surface area contributed by atoms with E-state index in [1.807, 2.05) is 19.0 Å². The van der Waals surface area contributed by atoms with E-state index in [4.69, 9.17) is 4.74 Å². The summed E-state index contributed by atoms with van der Waals surface area (Å²) in [6.45, 7) is 2.22. The highest BCUT2D eigenvalue weighted by Gasteiger charge is 2.13. The third-order valence-corrected chi connectivity index (χ3v) is 3.23. The highest BCUT2D eigenvalue weighted by molar-refractivity contribution is 5.92. The maximum Gasteiger partial charge on any atom is 0.276 e. The second kappa shape index (κ2) is 9.70. The summed E-state index contributed by atoms with van der Waals surface area (Å²) in [5.41, 5.74) is 0.387.